The SMILES string of the molecule is COC1=C(Br)C(O)[C@@]2(C=C1Br)CC(C(=O)NCCCOc1c(Br)cc(CCN)cc1Br)=NO2. The summed E-state index contributed by atoms with van der Waals surface area (Å²) in [6.07, 6.45) is 2.08. The molecular formula is C21H23Br4N3O5. The molecule has 0 fully saturated rings. The highest BCUT2D eigenvalue weighted by molar-refractivity contribution is 9.12. The normalized spacial score (nSPS) is 22.1. The third-order valence-electron chi connectivity index (χ3n) is 5.09. The molecule has 2 atom stereocenters. The molecule has 33 heavy (non-hydrogen) atoms. The fourth-order valence-electron chi connectivity index (χ4n) is 3.43. The van der Waals surface area contributed by atoms with Crippen molar-refractivity contribution >= 4 is 75.3 Å². The number of aliphatic hydroxyl groups is 1. The zero-order valence-electron chi connectivity index (χ0n) is 17.7. The van der Waals surface area contributed by atoms with Gasteiger partial charge in [-0.2, -0.15) is 0 Å². The lowest BCUT2D eigenvalue weighted by Gasteiger charge is -2.33. The largest absolute Gasteiger partial charge is 0.495 e. The number of benzene rings is 1. The maximum atomic E-state index is 12.6. The molecule has 0 aromatic heterocycles. The number of amides is 1. The smallest absolute Gasteiger partial charge is 0.269 e. The first kappa shape index (κ1) is 26.7. The van der Waals surface area contributed by atoms with Crippen molar-refractivity contribution < 1.29 is 24.2 Å². The molecule has 1 aromatic rings. The van der Waals surface area contributed by atoms with Gasteiger partial charge in [0, 0.05) is 13.0 Å². The zero-order chi connectivity index (χ0) is 24.2. The van der Waals surface area contributed by atoms with Gasteiger partial charge < -0.3 is 30.5 Å². The van der Waals surface area contributed by atoms with Crippen LogP contribution < -0.4 is 15.8 Å². The number of halogens is 4. The highest BCUT2D eigenvalue weighted by Crippen LogP contribution is 2.44. The van der Waals surface area contributed by atoms with Crippen LogP contribution in [0.15, 0.2) is 47.0 Å². The third-order valence-corrected chi connectivity index (χ3v) is 7.65. The number of methoxy groups -OCH3 is 1. The van der Waals surface area contributed by atoms with Crippen LogP contribution in [0.5, 0.6) is 5.75 Å². The lowest BCUT2D eigenvalue weighted by atomic mass is 9.87. The summed E-state index contributed by atoms with van der Waals surface area (Å²) < 4.78 is 13.8. The van der Waals surface area contributed by atoms with Gasteiger partial charge in [0.25, 0.3) is 5.91 Å². The van der Waals surface area contributed by atoms with Crippen LogP contribution in [0.25, 0.3) is 0 Å². The number of hydrogen-bond acceptors (Lipinski definition) is 7. The minimum absolute atomic E-state index is 0.118. The van der Waals surface area contributed by atoms with E-state index >= 15 is 0 Å². The second-order valence-corrected chi connectivity index (χ2v) is 10.8. The molecule has 1 heterocycles. The average molecular weight is 717 g/mol. The van der Waals surface area contributed by atoms with Crippen LogP contribution in [0, 0.1) is 0 Å². The van der Waals surface area contributed by atoms with Gasteiger partial charge in [-0.25, -0.2) is 0 Å². The summed E-state index contributed by atoms with van der Waals surface area (Å²) in [5, 5.41) is 17.4. The van der Waals surface area contributed by atoms with Crippen molar-refractivity contribution in [2.45, 2.75) is 31.0 Å². The molecule has 1 aliphatic carbocycles. The molecule has 1 amide bonds. The molecule has 2 aliphatic rings. The number of hydrogen-bond donors (Lipinski definition) is 3. The second kappa shape index (κ2) is 11.7. The fourth-order valence-corrected chi connectivity index (χ4v) is 6.73. The molecule has 0 radical (unpaired) electrons. The summed E-state index contributed by atoms with van der Waals surface area (Å²) in [7, 11) is 1.50. The van der Waals surface area contributed by atoms with Crippen molar-refractivity contribution in [3.63, 3.8) is 0 Å². The van der Waals surface area contributed by atoms with Gasteiger partial charge in [-0.15, -0.1) is 0 Å². The maximum absolute atomic E-state index is 12.6. The molecule has 12 heteroatoms. The first-order valence-electron chi connectivity index (χ1n) is 10.1. The molecule has 3 rings (SSSR count). The van der Waals surface area contributed by atoms with Gasteiger partial charge in [-0.1, -0.05) is 5.16 Å². The molecule has 1 aromatic carbocycles. The van der Waals surface area contributed by atoms with Gasteiger partial charge in [-0.05, 0) is 107 Å². The Bertz CT molecular complexity index is 991. The van der Waals surface area contributed by atoms with Crippen LogP contribution in [-0.4, -0.2) is 55.2 Å². The van der Waals surface area contributed by atoms with Gasteiger partial charge in [-0.3, -0.25) is 4.79 Å². The van der Waals surface area contributed by atoms with Gasteiger partial charge >= 0.3 is 0 Å². The van der Waals surface area contributed by atoms with E-state index in [0.717, 1.165) is 20.9 Å². The van der Waals surface area contributed by atoms with E-state index in [2.05, 4.69) is 74.2 Å². The van der Waals surface area contributed by atoms with E-state index in [1.54, 1.807) is 6.08 Å². The molecule has 180 valence electrons. The van der Waals surface area contributed by atoms with Crippen molar-refractivity contribution in [1.29, 1.82) is 0 Å². The molecule has 0 saturated heterocycles. The second-order valence-electron chi connectivity index (χ2n) is 7.42. The fraction of sp³-hybridized carbons (Fsp3) is 0.429. The number of rotatable bonds is 9. The minimum atomic E-state index is -1.18. The molecule has 0 saturated carbocycles. The Labute approximate surface area is 225 Å². The summed E-state index contributed by atoms with van der Waals surface area (Å²) in [4.78, 5) is 18.1. The van der Waals surface area contributed by atoms with E-state index in [1.807, 2.05) is 12.1 Å². The molecule has 1 aliphatic heterocycles. The molecular weight excluding hydrogens is 694 g/mol. The Morgan fingerprint density at radius 1 is 1.33 bits per heavy atom. The molecule has 4 N–H and O–H groups in total. The monoisotopic (exact) mass is 713 g/mol. The number of oxime groups is 1. The van der Waals surface area contributed by atoms with Crippen molar-refractivity contribution in [3.8, 4) is 5.75 Å². The molecule has 1 spiro atoms. The Morgan fingerprint density at radius 2 is 2.03 bits per heavy atom. The highest BCUT2D eigenvalue weighted by atomic mass is 79.9. The molecule has 0 bridgehead atoms. The first-order chi connectivity index (χ1) is 15.7. The Morgan fingerprint density at radius 3 is 2.67 bits per heavy atom. The van der Waals surface area contributed by atoms with Crippen LogP contribution >= 0.6 is 63.7 Å². The Hall–Kier alpha value is -0.920. The summed E-state index contributed by atoms with van der Waals surface area (Å²) in [6, 6.07) is 3.97. The van der Waals surface area contributed by atoms with Gasteiger partial charge in [0.05, 0.1) is 31.6 Å². The number of aliphatic hydroxyl groups excluding tert-OH is 1. The number of nitrogens with two attached hydrogens (primary N) is 1. The standard InChI is InChI=1S/C21H23Br4N3O5/c1-31-18-14(24)9-21(19(29)16(18)25)10-15(28-33-21)20(30)27-5-2-6-32-17-12(22)7-11(3-4-26)8-13(17)23/h7-9,19,29H,2-6,10,26H2,1H3,(H,27,30)/t19?,21-/m1/s1. The number of nitrogens with one attached hydrogen (secondary N) is 1. The van der Waals surface area contributed by atoms with Crippen molar-refractivity contribution in [2.75, 3.05) is 26.8 Å². The third kappa shape index (κ3) is 6.02. The lowest BCUT2D eigenvalue weighted by Crippen LogP contribution is -2.45. The van der Waals surface area contributed by atoms with E-state index in [9.17, 15) is 9.90 Å². The van der Waals surface area contributed by atoms with E-state index < -0.39 is 11.7 Å². The average Bonchev–Trinajstić information content (AvgIpc) is 3.19. The quantitative estimate of drug-likeness (QED) is 0.333. The van der Waals surface area contributed by atoms with Crippen LogP contribution in [-0.2, 0) is 20.8 Å². The van der Waals surface area contributed by atoms with Gasteiger partial charge in [0.15, 0.2) is 5.60 Å². The topological polar surface area (TPSA) is 115 Å². The highest BCUT2D eigenvalue weighted by Gasteiger charge is 2.50. The molecule has 1 unspecified atom stereocenters. The van der Waals surface area contributed by atoms with E-state index in [1.165, 1.54) is 7.11 Å². The summed E-state index contributed by atoms with van der Waals surface area (Å²) in [6.45, 7) is 1.38. The number of ether oxygens (including phenoxy) is 2. The summed E-state index contributed by atoms with van der Waals surface area (Å²) in [5.74, 6) is 0.812. The van der Waals surface area contributed by atoms with E-state index in [0.29, 0.717) is 46.6 Å². The van der Waals surface area contributed by atoms with Crippen LogP contribution in [0.4, 0.5) is 0 Å². The summed E-state index contributed by atoms with van der Waals surface area (Å²) in [5.41, 5.74) is 5.75. The number of carbonyl (C=O) groups excluding carboxylic acids is 1. The van der Waals surface area contributed by atoms with E-state index in [4.69, 9.17) is 20.0 Å². The molecule has 8 nitrogen and oxygen atoms in total. The van der Waals surface area contributed by atoms with Crippen LogP contribution in [0.1, 0.15) is 18.4 Å². The number of carbonyl (C=O) groups is 1. The predicted molar refractivity (Wildman–Crippen MR) is 140 cm³/mol. The maximum Gasteiger partial charge on any atom is 0.269 e. The minimum Gasteiger partial charge on any atom is -0.495 e. The Balaban J connectivity index is 1.48. The Kier molecular flexibility index (Phi) is 9.44. The number of allylic oxidation sites excluding steroid dienone is 1. The van der Waals surface area contributed by atoms with Crippen LogP contribution in [0.3, 0.4) is 0 Å². The van der Waals surface area contributed by atoms with Crippen molar-refractivity contribution in [2.24, 2.45) is 10.9 Å². The van der Waals surface area contributed by atoms with E-state index in [-0.39, 0.29) is 18.0 Å². The number of nitrogens with zero attached hydrogens (tertiary/aromatic N) is 1. The van der Waals surface area contributed by atoms with Crippen molar-refractivity contribution in [3.05, 3.63) is 47.4 Å². The lowest BCUT2D eigenvalue weighted by molar-refractivity contribution is -0.114. The summed E-state index contributed by atoms with van der Waals surface area (Å²) >= 11 is 13.8. The van der Waals surface area contributed by atoms with Crippen molar-refractivity contribution in [1.82, 2.24) is 5.32 Å². The van der Waals surface area contributed by atoms with Crippen LogP contribution in [0.2, 0.25) is 0 Å². The van der Waals surface area contributed by atoms with Gasteiger partial charge in [0.2, 0.25) is 0 Å². The first-order valence-corrected chi connectivity index (χ1v) is 13.2. The van der Waals surface area contributed by atoms with Gasteiger partial charge in [0.1, 0.15) is 23.3 Å². The zero-order valence-corrected chi connectivity index (χ0v) is 24.0. The predicted octanol–water partition coefficient (Wildman–Crippen LogP) is 4.02.